The second-order valence-corrected chi connectivity index (χ2v) is 5.18. The maximum Gasteiger partial charge on any atom is 0.355 e. The van der Waals surface area contributed by atoms with Crippen LogP contribution in [-0.4, -0.2) is 25.0 Å². The standard InChI is InChI=1S/C14H12N8O5/c1-8-6-11(20-27-8)17-13-12(22(25)26)14(16-7-15-13)19-18-9-2-4-10(5-3-9)21(23)24/h2-7,18H,1H3,(H2,15,16,17,19,20). The van der Waals surface area contributed by atoms with Crippen LogP contribution in [0.2, 0.25) is 0 Å². The fourth-order valence-corrected chi connectivity index (χ4v) is 2.08. The number of rotatable bonds is 7. The number of hydrogen-bond donors (Lipinski definition) is 3. The number of nitro benzene ring substituents is 1. The summed E-state index contributed by atoms with van der Waals surface area (Å²) in [6.07, 6.45) is 1.13. The quantitative estimate of drug-likeness (QED) is 0.410. The molecule has 0 amide bonds. The average molecular weight is 372 g/mol. The first-order chi connectivity index (χ1) is 12.9. The fraction of sp³-hybridized carbons (Fsp3) is 0.0714. The molecule has 0 bridgehead atoms. The highest BCUT2D eigenvalue weighted by Gasteiger charge is 2.24. The molecule has 0 unspecified atom stereocenters. The van der Waals surface area contributed by atoms with Crippen LogP contribution in [0.1, 0.15) is 5.76 Å². The van der Waals surface area contributed by atoms with E-state index in [0.29, 0.717) is 11.4 Å². The molecule has 3 N–H and O–H groups in total. The largest absolute Gasteiger partial charge is 0.360 e. The lowest BCUT2D eigenvalue weighted by atomic mass is 10.3. The average Bonchev–Trinajstić information content (AvgIpc) is 3.05. The summed E-state index contributed by atoms with van der Waals surface area (Å²) in [4.78, 5) is 28.7. The molecule has 3 aromatic rings. The minimum Gasteiger partial charge on any atom is -0.360 e. The highest BCUT2D eigenvalue weighted by molar-refractivity contribution is 5.73. The third-order valence-corrected chi connectivity index (χ3v) is 3.28. The lowest BCUT2D eigenvalue weighted by Crippen LogP contribution is -2.13. The Balaban J connectivity index is 1.81. The van der Waals surface area contributed by atoms with Crippen molar-refractivity contribution in [2.45, 2.75) is 6.92 Å². The van der Waals surface area contributed by atoms with Gasteiger partial charge in [-0.25, -0.2) is 9.97 Å². The van der Waals surface area contributed by atoms with E-state index < -0.39 is 15.5 Å². The molecule has 0 aliphatic carbocycles. The Morgan fingerprint density at radius 3 is 2.30 bits per heavy atom. The van der Waals surface area contributed by atoms with Gasteiger partial charge in [0.15, 0.2) is 5.82 Å². The van der Waals surface area contributed by atoms with E-state index in [2.05, 4.69) is 31.3 Å². The molecule has 3 rings (SSSR count). The zero-order valence-corrected chi connectivity index (χ0v) is 13.7. The molecule has 27 heavy (non-hydrogen) atoms. The minimum absolute atomic E-state index is 0.0806. The van der Waals surface area contributed by atoms with Gasteiger partial charge in [-0.2, -0.15) is 0 Å². The number of nitrogens with one attached hydrogen (secondary N) is 3. The van der Waals surface area contributed by atoms with E-state index in [9.17, 15) is 20.2 Å². The topological polar surface area (TPSA) is 174 Å². The highest BCUT2D eigenvalue weighted by Crippen LogP contribution is 2.31. The van der Waals surface area contributed by atoms with Crippen LogP contribution in [0.5, 0.6) is 0 Å². The van der Waals surface area contributed by atoms with Crippen molar-refractivity contribution in [2.75, 3.05) is 16.2 Å². The number of anilines is 4. The maximum absolute atomic E-state index is 11.5. The molecule has 138 valence electrons. The third kappa shape index (κ3) is 4.04. The summed E-state index contributed by atoms with van der Waals surface area (Å²) in [5.41, 5.74) is 5.22. The Hall–Kier alpha value is -4.29. The molecule has 0 fully saturated rings. The predicted molar refractivity (Wildman–Crippen MR) is 93.6 cm³/mol. The lowest BCUT2D eigenvalue weighted by molar-refractivity contribution is -0.384. The monoisotopic (exact) mass is 372 g/mol. The van der Waals surface area contributed by atoms with Gasteiger partial charge in [-0.3, -0.25) is 31.1 Å². The summed E-state index contributed by atoms with van der Waals surface area (Å²) in [6.45, 7) is 1.67. The SMILES string of the molecule is Cc1cc(Nc2ncnc(NNc3ccc([N+](=O)[O-])cc3)c2[N+](=O)[O-])no1. The van der Waals surface area contributed by atoms with Crippen molar-refractivity contribution in [3.8, 4) is 0 Å². The third-order valence-electron chi connectivity index (χ3n) is 3.28. The van der Waals surface area contributed by atoms with Crippen LogP contribution in [0.3, 0.4) is 0 Å². The number of non-ortho nitro benzene ring substituents is 1. The lowest BCUT2D eigenvalue weighted by Gasteiger charge is -2.10. The second kappa shape index (κ2) is 7.30. The van der Waals surface area contributed by atoms with Gasteiger partial charge in [-0.05, 0) is 19.1 Å². The van der Waals surface area contributed by atoms with Gasteiger partial charge in [0.25, 0.3) is 5.69 Å². The van der Waals surface area contributed by atoms with Crippen molar-refractivity contribution in [1.29, 1.82) is 0 Å². The van der Waals surface area contributed by atoms with Crippen molar-refractivity contribution in [3.05, 3.63) is 62.6 Å². The van der Waals surface area contributed by atoms with Crippen LogP contribution in [0.15, 0.2) is 41.2 Å². The Labute approximate surface area is 150 Å². The number of nitrogens with zero attached hydrogens (tertiary/aromatic N) is 5. The van der Waals surface area contributed by atoms with Gasteiger partial charge in [-0.15, -0.1) is 0 Å². The molecule has 13 nitrogen and oxygen atoms in total. The number of aromatic nitrogens is 3. The molecule has 0 aliphatic heterocycles. The van der Waals surface area contributed by atoms with Crippen LogP contribution < -0.4 is 16.2 Å². The van der Waals surface area contributed by atoms with Crippen LogP contribution in [0.4, 0.5) is 34.5 Å². The molecule has 1 aromatic carbocycles. The highest BCUT2D eigenvalue weighted by atomic mass is 16.6. The molecule has 0 aliphatic rings. The summed E-state index contributed by atoms with van der Waals surface area (Å²) in [7, 11) is 0. The number of hydrogen-bond acceptors (Lipinski definition) is 11. The Bertz CT molecular complexity index is 987. The molecule has 0 saturated carbocycles. The number of hydrazine groups is 1. The van der Waals surface area contributed by atoms with Gasteiger partial charge in [0.1, 0.15) is 12.1 Å². The van der Waals surface area contributed by atoms with Crippen molar-refractivity contribution in [3.63, 3.8) is 0 Å². The Morgan fingerprint density at radius 2 is 1.70 bits per heavy atom. The van der Waals surface area contributed by atoms with E-state index in [0.717, 1.165) is 6.33 Å². The van der Waals surface area contributed by atoms with Crippen molar-refractivity contribution in [2.24, 2.45) is 0 Å². The minimum atomic E-state index is -0.658. The van der Waals surface area contributed by atoms with Crippen LogP contribution >= 0.6 is 0 Å². The van der Waals surface area contributed by atoms with E-state index in [4.69, 9.17) is 4.52 Å². The number of aryl methyl sites for hydroxylation is 1. The number of nitro groups is 2. The summed E-state index contributed by atoms with van der Waals surface area (Å²) < 4.78 is 4.90. The van der Waals surface area contributed by atoms with E-state index in [1.54, 1.807) is 13.0 Å². The first-order valence-electron chi connectivity index (χ1n) is 7.40. The van der Waals surface area contributed by atoms with Crippen molar-refractivity contribution in [1.82, 2.24) is 15.1 Å². The van der Waals surface area contributed by atoms with Crippen LogP contribution in [-0.2, 0) is 0 Å². The van der Waals surface area contributed by atoms with Gasteiger partial charge in [0.05, 0.1) is 15.5 Å². The fourth-order valence-electron chi connectivity index (χ4n) is 2.08. The Morgan fingerprint density at radius 1 is 1.00 bits per heavy atom. The summed E-state index contributed by atoms with van der Waals surface area (Å²) >= 11 is 0. The van der Waals surface area contributed by atoms with Crippen molar-refractivity contribution < 1.29 is 14.4 Å². The molecule has 0 spiro atoms. The van der Waals surface area contributed by atoms with Crippen LogP contribution in [0.25, 0.3) is 0 Å². The smallest absolute Gasteiger partial charge is 0.355 e. The van der Waals surface area contributed by atoms with Gasteiger partial charge >= 0.3 is 5.69 Å². The zero-order chi connectivity index (χ0) is 19.4. The molecule has 0 atom stereocenters. The summed E-state index contributed by atoms with van der Waals surface area (Å²) in [5, 5.41) is 28.5. The van der Waals surface area contributed by atoms with Gasteiger partial charge in [-0.1, -0.05) is 5.16 Å². The van der Waals surface area contributed by atoms with E-state index >= 15 is 0 Å². The van der Waals surface area contributed by atoms with E-state index in [1.165, 1.54) is 24.3 Å². The van der Waals surface area contributed by atoms with Gasteiger partial charge < -0.3 is 9.84 Å². The molecular weight excluding hydrogens is 360 g/mol. The normalized spacial score (nSPS) is 10.3. The molecule has 13 heteroatoms. The first kappa shape index (κ1) is 17.5. The van der Waals surface area contributed by atoms with Gasteiger partial charge in [0, 0.05) is 18.2 Å². The summed E-state index contributed by atoms with van der Waals surface area (Å²) in [5.74, 6) is 0.573. The van der Waals surface area contributed by atoms with E-state index in [-0.39, 0.29) is 23.1 Å². The Kier molecular flexibility index (Phi) is 4.74. The molecule has 2 aromatic heterocycles. The summed E-state index contributed by atoms with van der Waals surface area (Å²) in [6, 6.07) is 7.01. The molecule has 0 radical (unpaired) electrons. The first-order valence-corrected chi connectivity index (χ1v) is 7.40. The predicted octanol–water partition coefficient (Wildman–Crippen LogP) is 2.77. The van der Waals surface area contributed by atoms with Gasteiger partial charge in [0.2, 0.25) is 11.6 Å². The zero-order valence-electron chi connectivity index (χ0n) is 13.7. The molecule has 0 saturated heterocycles. The second-order valence-electron chi connectivity index (χ2n) is 5.18. The van der Waals surface area contributed by atoms with Crippen LogP contribution in [0, 0.1) is 27.2 Å². The van der Waals surface area contributed by atoms with Crippen molar-refractivity contribution >= 4 is 34.5 Å². The molecular formula is C14H12N8O5. The maximum atomic E-state index is 11.5. The molecule has 2 heterocycles. The van der Waals surface area contributed by atoms with E-state index in [1.807, 2.05) is 0 Å². The number of benzene rings is 1.